The Labute approximate surface area is 111 Å². The molecule has 0 radical (unpaired) electrons. The Bertz CT molecular complexity index is 635. The molecule has 1 aromatic carbocycles. The maximum Gasteiger partial charge on any atom is 0.255 e. The molecule has 3 N–H and O–H groups in total. The Morgan fingerprint density at radius 1 is 1.37 bits per heavy atom. The molecule has 1 aromatic heterocycles. The van der Waals surface area contributed by atoms with Gasteiger partial charge in [-0.3, -0.25) is 9.78 Å². The van der Waals surface area contributed by atoms with Gasteiger partial charge in [-0.25, -0.2) is 4.98 Å². The summed E-state index contributed by atoms with van der Waals surface area (Å²) in [7, 11) is 0. The highest BCUT2D eigenvalue weighted by Gasteiger charge is 2.07. The van der Waals surface area contributed by atoms with Gasteiger partial charge >= 0.3 is 0 Å². The molecule has 5 nitrogen and oxygen atoms in total. The van der Waals surface area contributed by atoms with Gasteiger partial charge in [-0.2, -0.15) is 0 Å². The first-order valence-electron chi connectivity index (χ1n) is 6.14. The van der Waals surface area contributed by atoms with Crippen LogP contribution in [0.2, 0.25) is 0 Å². The van der Waals surface area contributed by atoms with Crippen LogP contribution in [0.5, 0.6) is 0 Å². The van der Waals surface area contributed by atoms with Crippen molar-refractivity contribution >= 4 is 11.6 Å². The number of H-pyrrole nitrogens is 1. The first kappa shape index (κ1) is 13.3. The van der Waals surface area contributed by atoms with Crippen LogP contribution in [0.1, 0.15) is 16.8 Å². The molecule has 0 aliphatic rings. The molecular formula is C14H17N3O2. The van der Waals surface area contributed by atoms with Gasteiger partial charge in [0.1, 0.15) is 0 Å². The second-order valence-electron chi connectivity index (χ2n) is 4.45. The second-order valence-corrected chi connectivity index (χ2v) is 4.45. The lowest BCUT2D eigenvalue weighted by Crippen LogP contribution is -2.19. The van der Waals surface area contributed by atoms with Gasteiger partial charge in [-0.05, 0) is 31.5 Å². The summed E-state index contributed by atoms with van der Waals surface area (Å²) < 4.78 is 0. The van der Waals surface area contributed by atoms with E-state index in [1.165, 1.54) is 0 Å². The van der Waals surface area contributed by atoms with Crippen molar-refractivity contribution in [1.29, 1.82) is 0 Å². The summed E-state index contributed by atoms with van der Waals surface area (Å²) in [6.45, 7) is 3.70. The van der Waals surface area contributed by atoms with E-state index in [-0.39, 0.29) is 12.2 Å². The minimum absolute atomic E-state index is 0.0593. The normalized spacial score (nSPS) is 10.5. The number of aromatic amines is 1. The molecule has 0 spiro atoms. The zero-order valence-electron chi connectivity index (χ0n) is 11.0. The summed E-state index contributed by atoms with van der Waals surface area (Å²) in [6, 6.07) is 7.81. The van der Waals surface area contributed by atoms with Gasteiger partial charge in [0.2, 0.25) is 5.95 Å². The first-order chi connectivity index (χ1) is 9.10. The summed E-state index contributed by atoms with van der Waals surface area (Å²) in [5.41, 5.74) is 2.94. The number of nitrogens with zero attached hydrogens (tertiary/aromatic N) is 1. The lowest BCUT2D eigenvalue weighted by Gasteiger charge is -2.09. The van der Waals surface area contributed by atoms with Gasteiger partial charge in [0.05, 0.1) is 5.69 Å². The van der Waals surface area contributed by atoms with Gasteiger partial charge in [-0.1, -0.05) is 12.1 Å². The molecule has 100 valence electrons. The molecule has 2 rings (SSSR count). The maximum absolute atomic E-state index is 11.9. The third-order valence-corrected chi connectivity index (χ3v) is 2.86. The van der Waals surface area contributed by atoms with Crippen molar-refractivity contribution in [3.8, 4) is 0 Å². The minimum Gasteiger partial charge on any atom is -0.396 e. The summed E-state index contributed by atoms with van der Waals surface area (Å²) in [5.74, 6) is 0.412. The topological polar surface area (TPSA) is 78.0 Å². The fourth-order valence-corrected chi connectivity index (χ4v) is 1.94. The third-order valence-electron chi connectivity index (χ3n) is 2.86. The standard InChI is InChI=1S/C14H17N3O2/c1-9-4-3-5-11(8-9)16-14-15-10(2)12(6-7-18)13(19)17-14/h3-5,8,18H,6-7H2,1-2H3,(H2,15,16,17,19). The second kappa shape index (κ2) is 5.67. The number of aryl methyl sites for hydroxylation is 2. The van der Waals surface area contributed by atoms with Crippen LogP contribution < -0.4 is 10.9 Å². The number of aliphatic hydroxyl groups excluding tert-OH is 1. The zero-order chi connectivity index (χ0) is 13.8. The molecule has 19 heavy (non-hydrogen) atoms. The molecule has 0 saturated carbocycles. The van der Waals surface area contributed by atoms with Gasteiger partial charge in [0.25, 0.3) is 5.56 Å². The van der Waals surface area contributed by atoms with Crippen molar-refractivity contribution in [2.75, 3.05) is 11.9 Å². The Hall–Kier alpha value is -2.14. The van der Waals surface area contributed by atoms with Crippen LogP contribution in [0.25, 0.3) is 0 Å². The lowest BCUT2D eigenvalue weighted by atomic mass is 10.2. The maximum atomic E-state index is 11.9. The van der Waals surface area contributed by atoms with Crippen LogP contribution in [0.15, 0.2) is 29.1 Å². The fraction of sp³-hybridized carbons (Fsp3) is 0.286. The van der Waals surface area contributed by atoms with Crippen LogP contribution in [0.3, 0.4) is 0 Å². The smallest absolute Gasteiger partial charge is 0.255 e. The molecule has 0 aliphatic heterocycles. The number of hydrogen-bond acceptors (Lipinski definition) is 4. The van der Waals surface area contributed by atoms with Crippen molar-refractivity contribution in [2.45, 2.75) is 20.3 Å². The van der Waals surface area contributed by atoms with Crippen LogP contribution in [-0.2, 0) is 6.42 Å². The number of aliphatic hydroxyl groups is 1. The molecule has 0 bridgehead atoms. The molecule has 0 aliphatic carbocycles. The Kier molecular flexibility index (Phi) is 3.97. The van der Waals surface area contributed by atoms with Crippen LogP contribution in [-0.4, -0.2) is 21.7 Å². The van der Waals surface area contributed by atoms with Gasteiger partial charge < -0.3 is 10.4 Å². The largest absolute Gasteiger partial charge is 0.396 e. The van der Waals surface area contributed by atoms with E-state index < -0.39 is 0 Å². The Morgan fingerprint density at radius 3 is 2.79 bits per heavy atom. The summed E-state index contributed by atoms with van der Waals surface area (Å²) >= 11 is 0. The van der Waals surface area contributed by atoms with E-state index in [0.717, 1.165) is 11.3 Å². The van der Waals surface area contributed by atoms with Crippen molar-refractivity contribution in [2.24, 2.45) is 0 Å². The van der Waals surface area contributed by atoms with Crippen molar-refractivity contribution < 1.29 is 5.11 Å². The van der Waals surface area contributed by atoms with E-state index in [1.54, 1.807) is 6.92 Å². The highest BCUT2D eigenvalue weighted by Crippen LogP contribution is 2.14. The highest BCUT2D eigenvalue weighted by molar-refractivity contribution is 5.54. The molecule has 0 unspecified atom stereocenters. The zero-order valence-corrected chi connectivity index (χ0v) is 11.0. The predicted octanol–water partition coefficient (Wildman–Crippen LogP) is 1.67. The van der Waals surface area contributed by atoms with Crippen molar-refractivity contribution in [3.63, 3.8) is 0 Å². The molecule has 5 heteroatoms. The van der Waals surface area contributed by atoms with Crippen molar-refractivity contribution in [1.82, 2.24) is 9.97 Å². The van der Waals surface area contributed by atoms with Gasteiger partial charge in [-0.15, -0.1) is 0 Å². The third kappa shape index (κ3) is 3.20. The quantitative estimate of drug-likeness (QED) is 0.780. The summed E-state index contributed by atoms with van der Waals surface area (Å²) in [6.07, 6.45) is 0.318. The molecule has 2 aromatic rings. The van der Waals surface area contributed by atoms with Crippen LogP contribution >= 0.6 is 0 Å². The number of rotatable bonds is 4. The average Bonchev–Trinajstić information content (AvgIpc) is 2.34. The monoisotopic (exact) mass is 259 g/mol. The molecule has 0 amide bonds. The molecule has 1 heterocycles. The molecule has 0 atom stereocenters. The van der Waals surface area contributed by atoms with E-state index in [1.807, 2.05) is 31.2 Å². The van der Waals surface area contributed by atoms with E-state index in [4.69, 9.17) is 5.11 Å². The highest BCUT2D eigenvalue weighted by atomic mass is 16.3. The van der Waals surface area contributed by atoms with E-state index in [2.05, 4.69) is 15.3 Å². The van der Waals surface area contributed by atoms with E-state index >= 15 is 0 Å². The van der Waals surface area contributed by atoms with E-state index in [0.29, 0.717) is 23.6 Å². The number of benzene rings is 1. The molecule has 0 fully saturated rings. The predicted molar refractivity (Wildman–Crippen MR) is 74.8 cm³/mol. The molecular weight excluding hydrogens is 242 g/mol. The fourth-order valence-electron chi connectivity index (χ4n) is 1.94. The number of nitrogens with one attached hydrogen (secondary N) is 2. The van der Waals surface area contributed by atoms with E-state index in [9.17, 15) is 4.79 Å². The minimum atomic E-state index is -0.211. The summed E-state index contributed by atoms with van der Waals surface area (Å²) in [5, 5.41) is 12.0. The number of hydrogen-bond donors (Lipinski definition) is 3. The first-order valence-corrected chi connectivity index (χ1v) is 6.14. The summed E-state index contributed by atoms with van der Waals surface area (Å²) in [4.78, 5) is 18.8. The lowest BCUT2D eigenvalue weighted by molar-refractivity contribution is 0.298. The van der Waals surface area contributed by atoms with Crippen molar-refractivity contribution in [3.05, 3.63) is 51.4 Å². The SMILES string of the molecule is Cc1cccc(Nc2nc(C)c(CCO)c(=O)[nH]2)c1. The Balaban J connectivity index is 2.29. The average molecular weight is 259 g/mol. The van der Waals surface area contributed by atoms with Crippen LogP contribution in [0.4, 0.5) is 11.6 Å². The van der Waals surface area contributed by atoms with Crippen LogP contribution in [0, 0.1) is 13.8 Å². The molecule has 0 saturated heterocycles. The Morgan fingerprint density at radius 2 is 2.16 bits per heavy atom. The van der Waals surface area contributed by atoms with Gasteiger partial charge in [0.15, 0.2) is 0 Å². The number of anilines is 2. The number of aromatic nitrogens is 2. The van der Waals surface area contributed by atoms with Gasteiger partial charge in [0, 0.05) is 24.3 Å².